The van der Waals surface area contributed by atoms with Gasteiger partial charge in [-0.15, -0.1) is 0 Å². The molecule has 0 aromatic carbocycles. The first-order valence-electron chi connectivity index (χ1n) is 34.4. The van der Waals surface area contributed by atoms with E-state index in [1.54, 1.807) is 0 Å². The largest absolute Gasteiger partial charge is 0.477 e. The van der Waals surface area contributed by atoms with E-state index in [4.69, 9.17) is 18.9 Å². The van der Waals surface area contributed by atoms with Crippen molar-refractivity contribution in [1.29, 1.82) is 0 Å². The van der Waals surface area contributed by atoms with Gasteiger partial charge in [0.15, 0.2) is 6.10 Å². The molecule has 9 heteroatoms. The van der Waals surface area contributed by atoms with Crippen molar-refractivity contribution < 1.29 is 42.9 Å². The summed E-state index contributed by atoms with van der Waals surface area (Å²) in [6, 6.07) is 0. The van der Waals surface area contributed by atoms with Gasteiger partial charge in [0.2, 0.25) is 0 Å². The zero-order valence-corrected chi connectivity index (χ0v) is 54.6. The van der Waals surface area contributed by atoms with Crippen molar-refractivity contribution in [3.8, 4) is 0 Å². The Hall–Kier alpha value is -3.79. The Bertz CT molecular complexity index is 1680. The van der Waals surface area contributed by atoms with Crippen LogP contribution in [0.15, 0.2) is 97.2 Å². The number of allylic oxidation sites excluding steroid dienone is 16. The fourth-order valence-corrected chi connectivity index (χ4v) is 9.58. The van der Waals surface area contributed by atoms with Gasteiger partial charge in [0.05, 0.1) is 34.4 Å². The van der Waals surface area contributed by atoms with Gasteiger partial charge in [-0.25, -0.2) is 4.79 Å². The number of unbranched alkanes of at least 4 members (excludes halogenated alkanes) is 32. The van der Waals surface area contributed by atoms with E-state index in [1.807, 2.05) is 21.1 Å². The van der Waals surface area contributed by atoms with Gasteiger partial charge < -0.3 is 28.5 Å². The predicted molar refractivity (Wildman–Crippen MR) is 355 cm³/mol. The smallest absolute Gasteiger partial charge is 0.361 e. The Balaban J connectivity index is 4.15. The van der Waals surface area contributed by atoms with Crippen molar-refractivity contribution in [2.45, 2.75) is 309 Å². The van der Waals surface area contributed by atoms with Gasteiger partial charge >= 0.3 is 17.9 Å². The van der Waals surface area contributed by atoms with Crippen molar-refractivity contribution in [3.63, 3.8) is 0 Å². The van der Waals surface area contributed by atoms with Crippen LogP contribution in [0.1, 0.15) is 296 Å². The first-order chi connectivity index (χ1) is 40.6. The van der Waals surface area contributed by atoms with Crippen molar-refractivity contribution in [2.24, 2.45) is 0 Å². The van der Waals surface area contributed by atoms with Crippen molar-refractivity contribution >= 4 is 17.9 Å². The summed E-state index contributed by atoms with van der Waals surface area (Å²) in [4.78, 5) is 37.6. The van der Waals surface area contributed by atoms with Crippen LogP contribution in [0.5, 0.6) is 0 Å². The van der Waals surface area contributed by atoms with E-state index in [9.17, 15) is 19.5 Å². The third-order valence-corrected chi connectivity index (χ3v) is 14.8. The number of aliphatic carboxylic acids is 1. The average molecular weight is 1160 g/mol. The summed E-state index contributed by atoms with van der Waals surface area (Å²) in [5, 5.41) is 9.74. The number of carbonyl (C=O) groups excluding carboxylic acids is 2. The van der Waals surface area contributed by atoms with Crippen LogP contribution in [0, 0.1) is 0 Å². The number of rotatable bonds is 63. The Kier molecular flexibility index (Phi) is 61.3. The maximum Gasteiger partial charge on any atom is 0.361 e. The van der Waals surface area contributed by atoms with Crippen LogP contribution < -0.4 is 0 Å². The van der Waals surface area contributed by atoms with Crippen LogP contribution in [0.25, 0.3) is 0 Å². The maximum absolute atomic E-state index is 12.9. The second-order valence-corrected chi connectivity index (χ2v) is 24.1. The minimum Gasteiger partial charge on any atom is -0.477 e. The summed E-state index contributed by atoms with van der Waals surface area (Å²) in [5.74, 6) is -2.00. The van der Waals surface area contributed by atoms with E-state index in [1.165, 1.54) is 173 Å². The van der Waals surface area contributed by atoms with Gasteiger partial charge in [-0.3, -0.25) is 9.59 Å². The number of carboxylic acids is 1. The molecule has 83 heavy (non-hydrogen) atoms. The number of likely N-dealkylation sites (N-methyl/N-ethyl adjacent to an activating group) is 1. The molecule has 0 heterocycles. The molecule has 0 bridgehead atoms. The number of nitrogens with zero attached hydrogens (tertiary/aromatic N) is 1. The number of carbonyl (C=O) groups is 3. The molecule has 1 N–H and O–H groups in total. The van der Waals surface area contributed by atoms with E-state index in [0.29, 0.717) is 23.9 Å². The SMILES string of the molecule is CC/C=C\C/C=C\C/C=C\C/C=C\C/C=C\C/C=C\C/C=C\CCCCCCCCCCCCCC(=O)OC(COC(=O)CCCCCCCCCCCCCCC/C=C\CCCCCCCCCC)COC(OCC[N+](C)(C)C)C(=O)O. The highest BCUT2D eigenvalue weighted by Gasteiger charge is 2.25. The normalized spacial score (nSPS) is 13.3. The fraction of sp³-hybridized carbons (Fsp3) is 0.743. The van der Waals surface area contributed by atoms with Crippen LogP contribution in [0.4, 0.5) is 0 Å². The maximum atomic E-state index is 12.9. The lowest BCUT2D eigenvalue weighted by Gasteiger charge is -2.25. The Labute approximate surface area is 512 Å². The molecule has 0 aliphatic carbocycles. The highest BCUT2D eigenvalue weighted by Crippen LogP contribution is 2.17. The zero-order valence-electron chi connectivity index (χ0n) is 54.6. The molecule has 0 radical (unpaired) electrons. The monoisotopic (exact) mass is 1160 g/mol. The van der Waals surface area contributed by atoms with Gasteiger partial charge in [-0.1, -0.05) is 284 Å². The lowest BCUT2D eigenvalue weighted by molar-refractivity contribution is -0.870. The molecule has 0 aliphatic rings. The molecule has 0 spiro atoms. The lowest BCUT2D eigenvalue weighted by atomic mass is 10.0. The molecule has 0 fully saturated rings. The highest BCUT2D eigenvalue weighted by atomic mass is 16.7. The third kappa shape index (κ3) is 65.6. The third-order valence-electron chi connectivity index (χ3n) is 14.8. The summed E-state index contributed by atoms with van der Waals surface area (Å²) in [6.45, 7) is 4.79. The molecule has 0 saturated carbocycles. The molecule has 0 aliphatic heterocycles. The van der Waals surface area contributed by atoms with E-state index < -0.39 is 24.3 Å². The number of hydrogen-bond acceptors (Lipinski definition) is 7. The Morgan fingerprint density at radius 1 is 0.373 bits per heavy atom. The highest BCUT2D eigenvalue weighted by molar-refractivity contribution is 5.71. The zero-order chi connectivity index (χ0) is 60.5. The van der Waals surface area contributed by atoms with Crippen molar-refractivity contribution in [3.05, 3.63) is 97.2 Å². The number of ether oxygens (including phenoxy) is 4. The molecule has 2 unspecified atom stereocenters. The summed E-state index contributed by atoms with van der Waals surface area (Å²) in [5.41, 5.74) is 0. The van der Waals surface area contributed by atoms with Crippen LogP contribution in [-0.4, -0.2) is 87.4 Å². The van der Waals surface area contributed by atoms with Gasteiger partial charge in [0, 0.05) is 12.8 Å². The van der Waals surface area contributed by atoms with Crippen LogP contribution >= 0.6 is 0 Å². The molecule has 2 atom stereocenters. The van der Waals surface area contributed by atoms with E-state index in [0.717, 1.165) is 89.9 Å². The quantitative estimate of drug-likeness (QED) is 0.0211. The standard InChI is InChI=1S/C74H129NO8/c1-6-8-10-12-14-16-18-20-22-24-26-28-30-32-33-34-35-36-37-38-39-41-43-45-47-49-51-53-55-57-59-61-63-65-72(77)83-70(69-82-74(73(78)79)80-67-66-75(3,4)5)68-81-71(76)64-62-60-58-56-54-52-50-48-46-44-42-40-31-29-27-25-23-21-19-17-15-13-11-9-7-2/h8,10,14,16,20,22,25-28,32-33,35-36,38-39,70,74H,6-7,9,11-13,15,17-19,21,23-24,29-31,34,37,40-69H2,1-5H3/p+1/b10-8-,16-14-,22-20-,27-25-,28-26-,33-32-,36-35-,39-38-. The molecule has 9 nitrogen and oxygen atoms in total. The average Bonchev–Trinajstić information content (AvgIpc) is 3.46. The van der Waals surface area contributed by atoms with E-state index in [-0.39, 0.29) is 32.2 Å². The topological polar surface area (TPSA) is 108 Å². The molecule has 0 saturated heterocycles. The first-order valence-corrected chi connectivity index (χ1v) is 34.4. The molecule has 0 amide bonds. The lowest BCUT2D eigenvalue weighted by Crippen LogP contribution is -2.40. The summed E-state index contributed by atoms with van der Waals surface area (Å²) in [7, 11) is 5.98. The number of esters is 2. The van der Waals surface area contributed by atoms with E-state index in [2.05, 4.69) is 111 Å². The molecular weight excluding hydrogens is 1030 g/mol. The number of hydrogen-bond donors (Lipinski definition) is 1. The molecular formula is C74H130NO8+. The summed E-state index contributed by atoms with van der Waals surface area (Å²) < 4.78 is 23.0. The van der Waals surface area contributed by atoms with Crippen LogP contribution in [-0.2, 0) is 33.3 Å². The van der Waals surface area contributed by atoms with Crippen LogP contribution in [0.2, 0.25) is 0 Å². The number of carboxylic acid groups (broad SMARTS) is 1. The predicted octanol–water partition coefficient (Wildman–Crippen LogP) is 21.2. The number of quaternary nitrogens is 1. The van der Waals surface area contributed by atoms with Crippen LogP contribution in [0.3, 0.4) is 0 Å². The minimum atomic E-state index is -1.52. The van der Waals surface area contributed by atoms with Gasteiger partial charge in [0.1, 0.15) is 13.2 Å². The molecule has 478 valence electrons. The van der Waals surface area contributed by atoms with Gasteiger partial charge in [-0.2, -0.15) is 0 Å². The Morgan fingerprint density at radius 2 is 0.687 bits per heavy atom. The second kappa shape index (κ2) is 64.2. The molecule has 0 aromatic heterocycles. The minimum absolute atomic E-state index is 0.184. The summed E-state index contributed by atoms with van der Waals surface area (Å²) in [6.07, 6.45) is 85.1. The second-order valence-electron chi connectivity index (χ2n) is 24.1. The van der Waals surface area contributed by atoms with Crippen molar-refractivity contribution in [1.82, 2.24) is 0 Å². The molecule has 0 rings (SSSR count). The molecule has 0 aromatic rings. The van der Waals surface area contributed by atoms with E-state index >= 15 is 0 Å². The van der Waals surface area contributed by atoms with Gasteiger partial charge in [-0.05, 0) is 96.3 Å². The Morgan fingerprint density at radius 3 is 1.04 bits per heavy atom. The van der Waals surface area contributed by atoms with Crippen molar-refractivity contribution in [2.75, 3.05) is 47.5 Å². The summed E-state index contributed by atoms with van der Waals surface area (Å²) >= 11 is 0. The van der Waals surface area contributed by atoms with Gasteiger partial charge in [0.25, 0.3) is 6.29 Å². The fourth-order valence-electron chi connectivity index (χ4n) is 9.58. The first kappa shape index (κ1) is 79.2.